The van der Waals surface area contributed by atoms with Crippen LogP contribution in [-0.2, 0) is 4.79 Å². The monoisotopic (exact) mass is 273 g/mol. The molecule has 0 atom stereocenters. The van der Waals surface area contributed by atoms with E-state index in [1.54, 1.807) is 6.07 Å². The maximum Gasteiger partial charge on any atom is 0.270 e. The summed E-state index contributed by atoms with van der Waals surface area (Å²) >= 11 is 0. The molecule has 1 saturated carbocycles. The molecule has 1 aromatic carbocycles. The molecule has 6 heteroatoms. The third kappa shape index (κ3) is 1.58. The summed E-state index contributed by atoms with van der Waals surface area (Å²) in [7, 11) is 0. The third-order valence-corrected chi connectivity index (χ3v) is 4.07. The number of carbonyl (C=O) groups excluding carboxylic acids is 3. The quantitative estimate of drug-likeness (QED) is 0.577. The Bertz CT molecular complexity index is 633. The second-order valence-electron chi connectivity index (χ2n) is 5.38. The molecule has 2 aliphatic rings. The van der Waals surface area contributed by atoms with Gasteiger partial charge >= 0.3 is 0 Å². The lowest BCUT2D eigenvalue weighted by molar-refractivity contribution is -0.131. The standard InChI is InChI=1S/C14H15N3O3/c15-9-5-3-4-8-10(9)12(19)17(11(8)18)13(20)14(16)6-1-2-7-14/h3-5H,1-2,6-7,15-16H2. The Morgan fingerprint density at radius 1 is 1.15 bits per heavy atom. The highest BCUT2D eigenvalue weighted by atomic mass is 16.2. The molecule has 1 heterocycles. The van der Waals surface area contributed by atoms with Gasteiger partial charge in [-0.3, -0.25) is 14.4 Å². The van der Waals surface area contributed by atoms with E-state index < -0.39 is 23.3 Å². The van der Waals surface area contributed by atoms with Crippen LogP contribution in [0.3, 0.4) is 0 Å². The lowest BCUT2D eigenvalue weighted by Crippen LogP contribution is -2.55. The van der Waals surface area contributed by atoms with E-state index in [1.165, 1.54) is 12.1 Å². The fourth-order valence-electron chi connectivity index (χ4n) is 2.94. The first-order chi connectivity index (χ1) is 9.46. The fraction of sp³-hybridized carbons (Fsp3) is 0.357. The van der Waals surface area contributed by atoms with Gasteiger partial charge in [0.05, 0.1) is 16.7 Å². The number of nitrogens with zero attached hydrogens (tertiary/aromatic N) is 1. The van der Waals surface area contributed by atoms with Crippen LogP contribution in [-0.4, -0.2) is 28.2 Å². The van der Waals surface area contributed by atoms with Gasteiger partial charge in [0.15, 0.2) is 0 Å². The average Bonchev–Trinajstić information content (AvgIpc) is 2.95. The molecule has 104 valence electrons. The van der Waals surface area contributed by atoms with Crippen LogP contribution < -0.4 is 11.5 Å². The number of nitrogen functional groups attached to an aromatic ring is 1. The van der Waals surface area contributed by atoms with Gasteiger partial charge in [0.1, 0.15) is 0 Å². The van der Waals surface area contributed by atoms with Gasteiger partial charge in [-0.05, 0) is 25.0 Å². The number of nitrogens with two attached hydrogens (primary N) is 2. The predicted molar refractivity (Wildman–Crippen MR) is 71.7 cm³/mol. The number of amides is 3. The first kappa shape index (κ1) is 12.8. The van der Waals surface area contributed by atoms with Gasteiger partial charge in [0.2, 0.25) is 0 Å². The van der Waals surface area contributed by atoms with Crippen LogP contribution in [0.5, 0.6) is 0 Å². The van der Waals surface area contributed by atoms with Gasteiger partial charge in [0.25, 0.3) is 17.7 Å². The number of rotatable bonds is 1. The zero-order chi connectivity index (χ0) is 14.5. The predicted octanol–water partition coefficient (Wildman–Crippen LogP) is 0.663. The highest BCUT2D eigenvalue weighted by molar-refractivity contribution is 6.31. The third-order valence-electron chi connectivity index (χ3n) is 4.07. The van der Waals surface area contributed by atoms with Crippen LogP contribution in [0.1, 0.15) is 46.4 Å². The molecule has 0 unspecified atom stereocenters. The normalized spacial score (nSPS) is 20.4. The van der Waals surface area contributed by atoms with Crippen LogP contribution >= 0.6 is 0 Å². The molecule has 20 heavy (non-hydrogen) atoms. The zero-order valence-corrected chi connectivity index (χ0v) is 10.9. The Kier molecular flexibility index (Phi) is 2.65. The molecule has 0 radical (unpaired) electrons. The van der Waals surface area contributed by atoms with E-state index in [4.69, 9.17) is 11.5 Å². The fourth-order valence-corrected chi connectivity index (χ4v) is 2.94. The van der Waals surface area contributed by atoms with Crippen LogP contribution in [0.2, 0.25) is 0 Å². The van der Waals surface area contributed by atoms with E-state index in [1.807, 2.05) is 0 Å². The molecule has 0 saturated heterocycles. The Labute approximate surface area is 115 Å². The van der Waals surface area contributed by atoms with Gasteiger partial charge < -0.3 is 11.5 Å². The number of fused-ring (bicyclic) bond motifs is 1. The molecule has 0 spiro atoms. The van der Waals surface area contributed by atoms with Crippen molar-refractivity contribution < 1.29 is 14.4 Å². The lowest BCUT2D eigenvalue weighted by atomic mass is 9.97. The van der Waals surface area contributed by atoms with E-state index in [9.17, 15) is 14.4 Å². The van der Waals surface area contributed by atoms with Gasteiger partial charge in [-0.2, -0.15) is 0 Å². The van der Waals surface area contributed by atoms with Gasteiger partial charge in [-0.15, -0.1) is 0 Å². The number of benzene rings is 1. The molecule has 0 aromatic heterocycles. The molecule has 1 aliphatic carbocycles. The minimum absolute atomic E-state index is 0.104. The highest BCUT2D eigenvalue weighted by Gasteiger charge is 2.48. The molecule has 1 aromatic rings. The number of carbonyl (C=O) groups is 3. The number of imide groups is 3. The molecular weight excluding hydrogens is 258 g/mol. The topological polar surface area (TPSA) is 106 Å². The maximum absolute atomic E-state index is 12.5. The number of hydrogen-bond acceptors (Lipinski definition) is 5. The van der Waals surface area contributed by atoms with Crippen LogP contribution in [0, 0.1) is 0 Å². The van der Waals surface area contributed by atoms with E-state index in [-0.39, 0.29) is 16.8 Å². The van der Waals surface area contributed by atoms with Crippen molar-refractivity contribution in [3.63, 3.8) is 0 Å². The summed E-state index contributed by atoms with van der Waals surface area (Å²) in [6.45, 7) is 0. The van der Waals surface area contributed by atoms with Gasteiger partial charge in [0, 0.05) is 5.69 Å². The van der Waals surface area contributed by atoms with Crippen molar-refractivity contribution in [2.45, 2.75) is 31.2 Å². The van der Waals surface area contributed by atoms with Gasteiger partial charge in [-0.25, -0.2) is 4.90 Å². The molecule has 1 aliphatic heterocycles. The molecule has 0 bridgehead atoms. The van der Waals surface area contributed by atoms with E-state index >= 15 is 0 Å². The van der Waals surface area contributed by atoms with Crippen molar-refractivity contribution in [3.8, 4) is 0 Å². The Morgan fingerprint density at radius 2 is 1.80 bits per heavy atom. The minimum atomic E-state index is -1.11. The molecule has 6 nitrogen and oxygen atoms in total. The SMILES string of the molecule is Nc1cccc2c1C(=O)N(C(=O)C1(N)CCCC1)C2=O. The number of anilines is 1. The van der Waals surface area contributed by atoms with Crippen molar-refractivity contribution in [3.05, 3.63) is 29.3 Å². The second kappa shape index (κ2) is 4.14. The first-order valence-corrected chi connectivity index (χ1v) is 6.56. The summed E-state index contributed by atoms with van der Waals surface area (Å²) in [4.78, 5) is 37.7. The summed E-state index contributed by atoms with van der Waals surface area (Å²) in [5, 5.41) is 0. The van der Waals surface area contributed by atoms with E-state index in [0.29, 0.717) is 17.7 Å². The van der Waals surface area contributed by atoms with Crippen LogP contribution in [0.4, 0.5) is 5.69 Å². The molecule has 3 rings (SSSR count). The van der Waals surface area contributed by atoms with Gasteiger partial charge in [-0.1, -0.05) is 18.9 Å². The Balaban J connectivity index is 2.02. The minimum Gasteiger partial charge on any atom is -0.398 e. The first-order valence-electron chi connectivity index (χ1n) is 6.56. The summed E-state index contributed by atoms with van der Waals surface area (Å²) in [6.07, 6.45) is 2.64. The summed E-state index contributed by atoms with van der Waals surface area (Å²) < 4.78 is 0. The zero-order valence-electron chi connectivity index (χ0n) is 10.9. The molecule has 3 amide bonds. The smallest absolute Gasteiger partial charge is 0.270 e. The molecule has 1 fully saturated rings. The summed E-state index contributed by atoms with van der Waals surface area (Å²) in [6, 6.07) is 4.62. The summed E-state index contributed by atoms with van der Waals surface area (Å²) in [5.41, 5.74) is 11.2. The molecule has 4 N–H and O–H groups in total. The van der Waals surface area contributed by atoms with E-state index in [2.05, 4.69) is 0 Å². The Morgan fingerprint density at radius 3 is 2.40 bits per heavy atom. The van der Waals surface area contributed by atoms with Crippen molar-refractivity contribution in [2.75, 3.05) is 5.73 Å². The largest absolute Gasteiger partial charge is 0.398 e. The number of hydrogen-bond donors (Lipinski definition) is 2. The van der Waals surface area contributed by atoms with Crippen molar-refractivity contribution in [2.24, 2.45) is 5.73 Å². The van der Waals surface area contributed by atoms with Crippen molar-refractivity contribution in [1.29, 1.82) is 0 Å². The lowest BCUT2D eigenvalue weighted by Gasteiger charge is -2.25. The van der Waals surface area contributed by atoms with Crippen LogP contribution in [0.25, 0.3) is 0 Å². The second-order valence-corrected chi connectivity index (χ2v) is 5.38. The summed E-state index contributed by atoms with van der Waals surface area (Å²) in [5.74, 6) is -1.90. The maximum atomic E-state index is 12.5. The van der Waals surface area contributed by atoms with E-state index in [0.717, 1.165) is 12.8 Å². The highest BCUT2D eigenvalue weighted by Crippen LogP contribution is 2.34. The van der Waals surface area contributed by atoms with Crippen molar-refractivity contribution >= 4 is 23.4 Å². The molecular formula is C14H15N3O3. The van der Waals surface area contributed by atoms with Crippen molar-refractivity contribution in [1.82, 2.24) is 4.90 Å². The average molecular weight is 273 g/mol. The van der Waals surface area contributed by atoms with Crippen LogP contribution in [0.15, 0.2) is 18.2 Å². The Hall–Kier alpha value is -2.21.